The van der Waals surface area contributed by atoms with Crippen LogP contribution in [0, 0.1) is 0 Å². The fourth-order valence-electron chi connectivity index (χ4n) is 2.51. The molecule has 0 bridgehead atoms. The molecular weight excluding hydrogens is 288 g/mol. The molecule has 0 saturated carbocycles. The monoisotopic (exact) mass is 302 g/mol. The van der Waals surface area contributed by atoms with Crippen LogP contribution < -0.4 is 5.32 Å². The summed E-state index contributed by atoms with van der Waals surface area (Å²) in [5.74, 6) is -1.26. The van der Waals surface area contributed by atoms with Gasteiger partial charge in [0.1, 0.15) is 0 Å². The average Bonchev–Trinajstić information content (AvgIpc) is 2.91. The molecule has 2 N–H and O–H groups in total. The highest BCUT2D eigenvalue weighted by molar-refractivity contribution is 7.10. The van der Waals surface area contributed by atoms with Crippen molar-refractivity contribution in [3.63, 3.8) is 0 Å². The summed E-state index contributed by atoms with van der Waals surface area (Å²) in [5, 5.41) is 13.6. The van der Waals surface area contributed by atoms with E-state index in [0.717, 1.165) is 24.8 Å². The summed E-state index contributed by atoms with van der Waals surface area (Å²) in [5.41, 5.74) is 2.30. The van der Waals surface area contributed by atoms with Gasteiger partial charge in [-0.05, 0) is 37.3 Å². The lowest BCUT2D eigenvalue weighted by Crippen LogP contribution is -2.15. The first kappa shape index (κ1) is 13.8. The normalized spacial score (nSPS) is 13.5. The predicted molar refractivity (Wildman–Crippen MR) is 80.1 cm³/mol. The summed E-state index contributed by atoms with van der Waals surface area (Å²) in [6, 6.07) is 1.41. The van der Waals surface area contributed by atoms with Crippen LogP contribution in [0.25, 0.3) is 0 Å². The number of carbonyl (C=O) groups excluding carboxylic acids is 1. The third kappa shape index (κ3) is 2.80. The highest BCUT2D eigenvalue weighted by atomic mass is 32.1. The topological polar surface area (TPSA) is 79.3 Å². The second kappa shape index (κ2) is 5.65. The molecular formula is C15H14N2O3S. The van der Waals surface area contributed by atoms with E-state index in [1.807, 2.05) is 5.38 Å². The standard InChI is InChI=1S/C15H14N2O3S/c18-14(12-8-21-13-4-2-1-3-11(12)13)17-10-5-9(15(19)20)6-16-7-10/h5-8H,1-4H2,(H,17,18)(H,19,20). The first-order valence-electron chi connectivity index (χ1n) is 6.74. The van der Waals surface area contributed by atoms with Crippen molar-refractivity contribution >= 4 is 28.9 Å². The largest absolute Gasteiger partial charge is 0.478 e. The van der Waals surface area contributed by atoms with Crippen molar-refractivity contribution in [2.75, 3.05) is 5.32 Å². The maximum absolute atomic E-state index is 12.3. The number of nitrogens with zero attached hydrogens (tertiary/aromatic N) is 1. The third-order valence-electron chi connectivity index (χ3n) is 3.55. The fourth-order valence-corrected chi connectivity index (χ4v) is 3.63. The van der Waals surface area contributed by atoms with Gasteiger partial charge < -0.3 is 10.4 Å². The summed E-state index contributed by atoms with van der Waals surface area (Å²) in [6.45, 7) is 0. The minimum absolute atomic E-state index is 0.0557. The summed E-state index contributed by atoms with van der Waals surface area (Å²) in [6.07, 6.45) is 6.98. The average molecular weight is 302 g/mol. The molecule has 0 spiro atoms. The Morgan fingerprint density at radius 3 is 2.86 bits per heavy atom. The second-order valence-corrected chi connectivity index (χ2v) is 5.94. The number of aryl methyl sites for hydroxylation is 1. The van der Waals surface area contributed by atoms with E-state index in [0.29, 0.717) is 11.3 Å². The Balaban J connectivity index is 1.82. The Bertz CT molecular complexity index is 709. The number of thiophene rings is 1. The molecule has 0 fully saturated rings. The maximum atomic E-state index is 12.3. The summed E-state index contributed by atoms with van der Waals surface area (Å²) >= 11 is 1.63. The third-order valence-corrected chi connectivity index (χ3v) is 4.64. The lowest BCUT2D eigenvalue weighted by atomic mass is 9.95. The van der Waals surface area contributed by atoms with Gasteiger partial charge in [0.25, 0.3) is 5.91 Å². The van der Waals surface area contributed by atoms with Gasteiger partial charge in [-0.1, -0.05) is 0 Å². The van der Waals surface area contributed by atoms with Gasteiger partial charge in [-0.25, -0.2) is 4.79 Å². The van der Waals surface area contributed by atoms with Crippen LogP contribution in [0.4, 0.5) is 5.69 Å². The van der Waals surface area contributed by atoms with Gasteiger partial charge in [-0.15, -0.1) is 11.3 Å². The number of carbonyl (C=O) groups is 2. The number of amides is 1. The molecule has 0 radical (unpaired) electrons. The van der Waals surface area contributed by atoms with Crippen molar-refractivity contribution in [2.45, 2.75) is 25.7 Å². The Kier molecular flexibility index (Phi) is 3.70. The van der Waals surface area contributed by atoms with Gasteiger partial charge in [-0.2, -0.15) is 0 Å². The van der Waals surface area contributed by atoms with Gasteiger partial charge in [0, 0.05) is 16.5 Å². The van der Waals surface area contributed by atoms with Crippen LogP contribution in [0.3, 0.4) is 0 Å². The van der Waals surface area contributed by atoms with E-state index in [9.17, 15) is 9.59 Å². The summed E-state index contributed by atoms with van der Waals surface area (Å²) in [7, 11) is 0. The van der Waals surface area contributed by atoms with Crippen LogP contribution in [0.15, 0.2) is 23.8 Å². The number of aromatic carboxylic acids is 1. The van der Waals surface area contributed by atoms with E-state index in [2.05, 4.69) is 10.3 Å². The zero-order chi connectivity index (χ0) is 14.8. The maximum Gasteiger partial charge on any atom is 0.337 e. The van der Waals surface area contributed by atoms with Crippen LogP contribution in [0.2, 0.25) is 0 Å². The Morgan fingerprint density at radius 2 is 2.05 bits per heavy atom. The molecule has 0 unspecified atom stereocenters. The molecule has 0 aromatic carbocycles. The zero-order valence-electron chi connectivity index (χ0n) is 11.3. The zero-order valence-corrected chi connectivity index (χ0v) is 12.1. The molecule has 21 heavy (non-hydrogen) atoms. The van der Waals surface area contributed by atoms with Gasteiger partial charge >= 0.3 is 5.97 Å². The lowest BCUT2D eigenvalue weighted by molar-refractivity contribution is 0.0696. The predicted octanol–water partition coefficient (Wildman–Crippen LogP) is 2.97. The van der Waals surface area contributed by atoms with Gasteiger partial charge in [0.15, 0.2) is 0 Å². The molecule has 108 valence electrons. The number of aromatic nitrogens is 1. The van der Waals surface area contributed by atoms with Crippen molar-refractivity contribution in [2.24, 2.45) is 0 Å². The van der Waals surface area contributed by atoms with Gasteiger partial charge in [0.2, 0.25) is 0 Å². The van der Waals surface area contributed by atoms with Crippen molar-refractivity contribution < 1.29 is 14.7 Å². The van der Waals surface area contributed by atoms with Crippen molar-refractivity contribution in [3.8, 4) is 0 Å². The molecule has 0 aliphatic heterocycles. The molecule has 2 aromatic heterocycles. The molecule has 3 rings (SSSR count). The minimum Gasteiger partial charge on any atom is -0.478 e. The Morgan fingerprint density at radius 1 is 1.24 bits per heavy atom. The number of fused-ring (bicyclic) bond motifs is 1. The minimum atomic E-state index is -1.06. The van der Waals surface area contributed by atoms with Crippen LogP contribution in [0.1, 0.15) is 44.0 Å². The SMILES string of the molecule is O=C(O)c1cncc(NC(=O)c2csc3c2CCCC3)c1. The van der Waals surface area contributed by atoms with E-state index in [1.54, 1.807) is 11.3 Å². The molecule has 2 heterocycles. The highest BCUT2D eigenvalue weighted by Gasteiger charge is 2.20. The van der Waals surface area contributed by atoms with E-state index in [-0.39, 0.29) is 11.5 Å². The molecule has 0 atom stereocenters. The number of pyridine rings is 1. The number of hydrogen-bond acceptors (Lipinski definition) is 4. The number of rotatable bonds is 3. The number of carboxylic acid groups (broad SMARTS) is 1. The number of hydrogen-bond donors (Lipinski definition) is 2. The Hall–Kier alpha value is -2.21. The molecule has 2 aromatic rings. The second-order valence-electron chi connectivity index (χ2n) is 4.98. The van der Waals surface area contributed by atoms with E-state index >= 15 is 0 Å². The number of nitrogens with one attached hydrogen (secondary N) is 1. The molecule has 6 heteroatoms. The first-order chi connectivity index (χ1) is 10.1. The van der Waals surface area contributed by atoms with E-state index < -0.39 is 5.97 Å². The van der Waals surface area contributed by atoms with Crippen molar-refractivity contribution in [1.29, 1.82) is 0 Å². The highest BCUT2D eigenvalue weighted by Crippen LogP contribution is 2.30. The van der Waals surface area contributed by atoms with Crippen LogP contribution >= 0.6 is 11.3 Å². The van der Waals surface area contributed by atoms with Crippen molar-refractivity contribution in [3.05, 3.63) is 45.4 Å². The van der Waals surface area contributed by atoms with Crippen LogP contribution in [0.5, 0.6) is 0 Å². The Labute approximate surface area is 125 Å². The smallest absolute Gasteiger partial charge is 0.337 e. The summed E-state index contributed by atoms with van der Waals surface area (Å²) < 4.78 is 0. The summed E-state index contributed by atoms with van der Waals surface area (Å²) in [4.78, 5) is 28.4. The molecule has 1 aliphatic carbocycles. The quantitative estimate of drug-likeness (QED) is 0.913. The lowest BCUT2D eigenvalue weighted by Gasteiger charge is -2.12. The fraction of sp³-hybridized carbons (Fsp3) is 0.267. The molecule has 0 saturated heterocycles. The van der Waals surface area contributed by atoms with Crippen LogP contribution in [-0.2, 0) is 12.8 Å². The van der Waals surface area contributed by atoms with Crippen molar-refractivity contribution in [1.82, 2.24) is 4.98 Å². The number of carboxylic acids is 1. The number of anilines is 1. The first-order valence-corrected chi connectivity index (χ1v) is 7.62. The molecule has 1 aliphatic rings. The van der Waals surface area contributed by atoms with E-state index in [1.165, 1.54) is 29.8 Å². The van der Waals surface area contributed by atoms with E-state index in [4.69, 9.17) is 5.11 Å². The van der Waals surface area contributed by atoms with Crippen LogP contribution in [-0.4, -0.2) is 22.0 Å². The molecule has 1 amide bonds. The molecule has 5 nitrogen and oxygen atoms in total. The van der Waals surface area contributed by atoms with Gasteiger partial charge in [0.05, 0.1) is 23.0 Å². The van der Waals surface area contributed by atoms with Gasteiger partial charge in [-0.3, -0.25) is 9.78 Å².